The fourth-order valence-corrected chi connectivity index (χ4v) is 1.30. The van der Waals surface area contributed by atoms with Crippen molar-refractivity contribution in [1.29, 1.82) is 0 Å². The molecule has 0 aliphatic heterocycles. The molecule has 0 saturated heterocycles. The first-order chi connectivity index (χ1) is 6.35. The Morgan fingerprint density at radius 1 is 1.54 bits per heavy atom. The summed E-state index contributed by atoms with van der Waals surface area (Å²) in [4.78, 5) is 0. The van der Waals surface area contributed by atoms with Crippen LogP contribution < -0.4 is 5.32 Å². The van der Waals surface area contributed by atoms with Crippen molar-refractivity contribution in [2.45, 2.75) is 38.6 Å². The Balaban J connectivity index is 3.46. The summed E-state index contributed by atoms with van der Waals surface area (Å²) >= 11 is 0. The summed E-state index contributed by atoms with van der Waals surface area (Å²) in [5.74, 6) is 0. The molecular formula is C11H23NO. The van der Waals surface area contributed by atoms with Crippen LogP contribution in [0.1, 0.15) is 32.6 Å². The highest BCUT2D eigenvalue weighted by Crippen LogP contribution is 2.01. The van der Waals surface area contributed by atoms with Crippen molar-refractivity contribution < 1.29 is 4.74 Å². The summed E-state index contributed by atoms with van der Waals surface area (Å²) in [6.45, 7) is 7.80. The zero-order valence-corrected chi connectivity index (χ0v) is 9.01. The van der Waals surface area contributed by atoms with E-state index in [0.29, 0.717) is 6.04 Å². The summed E-state index contributed by atoms with van der Waals surface area (Å²) in [6, 6.07) is 0.518. The van der Waals surface area contributed by atoms with E-state index >= 15 is 0 Å². The van der Waals surface area contributed by atoms with Crippen molar-refractivity contribution >= 4 is 0 Å². The second-order valence-corrected chi connectivity index (χ2v) is 3.33. The number of methoxy groups -OCH3 is 1. The monoisotopic (exact) mass is 185 g/mol. The van der Waals surface area contributed by atoms with Crippen LogP contribution in [-0.4, -0.2) is 26.3 Å². The molecule has 0 aliphatic carbocycles. The van der Waals surface area contributed by atoms with Gasteiger partial charge in [0.25, 0.3) is 0 Å². The van der Waals surface area contributed by atoms with Crippen LogP contribution in [0, 0.1) is 0 Å². The van der Waals surface area contributed by atoms with Crippen molar-refractivity contribution in [2.75, 3.05) is 20.3 Å². The highest BCUT2D eigenvalue weighted by Gasteiger charge is 2.05. The third kappa shape index (κ3) is 8.00. The lowest BCUT2D eigenvalue weighted by molar-refractivity contribution is 0.161. The fourth-order valence-electron chi connectivity index (χ4n) is 1.30. The van der Waals surface area contributed by atoms with Gasteiger partial charge in [0.1, 0.15) is 0 Å². The SMILES string of the molecule is C=CCCCC(COC)NCCC. The first-order valence-electron chi connectivity index (χ1n) is 5.18. The van der Waals surface area contributed by atoms with E-state index in [4.69, 9.17) is 4.74 Å². The molecule has 0 heterocycles. The van der Waals surface area contributed by atoms with E-state index in [1.165, 1.54) is 19.3 Å². The lowest BCUT2D eigenvalue weighted by atomic mass is 10.1. The molecule has 0 amide bonds. The molecule has 0 aromatic heterocycles. The minimum atomic E-state index is 0.518. The highest BCUT2D eigenvalue weighted by molar-refractivity contribution is 4.71. The molecule has 0 aliphatic rings. The number of allylic oxidation sites excluding steroid dienone is 1. The molecule has 0 rings (SSSR count). The predicted octanol–water partition coefficient (Wildman–Crippen LogP) is 2.36. The number of unbranched alkanes of at least 4 members (excludes halogenated alkanes) is 1. The van der Waals surface area contributed by atoms with E-state index in [-0.39, 0.29) is 0 Å². The van der Waals surface area contributed by atoms with Crippen molar-refractivity contribution in [3.8, 4) is 0 Å². The van der Waals surface area contributed by atoms with Crippen LogP contribution in [0.15, 0.2) is 12.7 Å². The average molecular weight is 185 g/mol. The van der Waals surface area contributed by atoms with Gasteiger partial charge in [-0.3, -0.25) is 0 Å². The Kier molecular flexibility index (Phi) is 9.49. The van der Waals surface area contributed by atoms with Crippen LogP contribution in [-0.2, 0) is 4.74 Å². The maximum atomic E-state index is 5.14. The predicted molar refractivity (Wildman–Crippen MR) is 58.0 cm³/mol. The van der Waals surface area contributed by atoms with Crippen molar-refractivity contribution in [1.82, 2.24) is 5.32 Å². The summed E-state index contributed by atoms with van der Waals surface area (Å²) in [6.07, 6.45) is 6.65. The van der Waals surface area contributed by atoms with Crippen molar-refractivity contribution in [2.24, 2.45) is 0 Å². The van der Waals surface area contributed by atoms with E-state index in [9.17, 15) is 0 Å². The molecule has 0 radical (unpaired) electrons. The Bertz CT molecular complexity index is 115. The minimum absolute atomic E-state index is 0.518. The second kappa shape index (κ2) is 9.75. The lowest BCUT2D eigenvalue weighted by Gasteiger charge is -2.16. The van der Waals surface area contributed by atoms with E-state index in [0.717, 1.165) is 19.6 Å². The van der Waals surface area contributed by atoms with E-state index in [2.05, 4.69) is 18.8 Å². The fraction of sp³-hybridized carbons (Fsp3) is 0.818. The lowest BCUT2D eigenvalue weighted by Crippen LogP contribution is -2.33. The van der Waals surface area contributed by atoms with E-state index in [1.807, 2.05) is 6.08 Å². The number of nitrogens with one attached hydrogen (secondary N) is 1. The molecule has 1 atom stereocenters. The summed E-state index contributed by atoms with van der Waals surface area (Å²) in [5, 5.41) is 3.47. The van der Waals surface area contributed by atoms with Gasteiger partial charge in [0.15, 0.2) is 0 Å². The Labute approximate surface area is 82.4 Å². The molecule has 1 unspecified atom stereocenters. The quantitative estimate of drug-likeness (QED) is 0.440. The molecule has 0 aromatic carbocycles. The van der Waals surface area contributed by atoms with Gasteiger partial charge in [0, 0.05) is 13.2 Å². The van der Waals surface area contributed by atoms with Gasteiger partial charge in [0.2, 0.25) is 0 Å². The zero-order chi connectivity index (χ0) is 9.94. The summed E-state index contributed by atoms with van der Waals surface area (Å²) in [5.41, 5.74) is 0. The maximum absolute atomic E-state index is 5.14. The third-order valence-corrected chi connectivity index (χ3v) is 2.01. The standard InChI is InChI=1S/C11H23NO/c1-4-6-7-8-11(10-13-3)12-9-5-2/h4,11-12H,1,5-10H2,2-3H3. The van der Waals surface area contributed by atoms with Gasteiger partial charge in [-0.2, -0.15) is 0 Å². The van der Waals surface area contributed by atoms with Crippen LogP contribution in [0.3, 0.4) is 0 Å². The molecule has 0 bridgehead atoms. The maximum Gasteiger partial charge on any atom is 0.0615 e. The van der Waals surface area contributed by atoms with Crippen LogP contribution >= 0.6 is 0 Å². The molecule has 1 N–H and O–H groups in total. The van der Waals surface area contributed by atoms with Gasteiger partial charge in [-0.25, -0.2) is 0 Å². The third-order valence-electron chi connectivity index (χ3n) is 2.01. The van der Waals surface area contributed by atoms with Crippen molar-refractivity contribution in [3.05, 3.63) is 12.7 Å². The average Bonchev–Trinajstić information content (AvgIpc) is 2.14. The summed E-state index contributed by atoms with van der Waals surface area (Å²) < 4.78 is 5.14. The van der Waals surface area contributed by atoms with Crippen LogP contribution in [0.2, 0.25) is 0 Å². The van der Waals surface area contributed by atoms with Gasteiger partial charge in [0.05, 0.1) is 6.61 Å². The molecule has 78 valence electrons. The van der Waals surface area contributed by atoms with Crippen LogP contribution in [0.25, 0.3) is 0 Å². The summed E-state index contributed by atoms with van der Waals surface area (Å²) in [7, 11) is 1.76. The van der Waals surface area contributed by atoms with Crippen molar-refractivity contribution in [3.63, 3.8) is 0 Å². The van der Waals surface area contributed by atoms with Gasteiger partial charge in [-0.05, 0) is 32.2 Å². The number of hydrogen-bond acceptors (Lipinski definition) is 2. The normalized spacial score (nSPS) is 12.8. The molecule has 0 aromatic rings. The van der Waals surface area contributed by atoms with E-state index < -0.39 is 0 Å². The Morgan fingerprint density at radius 3 is 2.85 bits per heavy atom. The van der Waals surface area contributed by atoms with Gasteiger partial charge in [-0.15, -0.1) is 6.58 Å². The van der Waals surface area contributed by atoms with Gasteiger partial charge < -0.3 is 10.1 Å². The Hall–Kier alpha value is -0.340. The molecule has 0 spiro atoms. The zero-order valence-electron chi connectivity index (χ0n) is 9.01. The number of hydrogen-bond donors (Lipinski definition) is 1. The van der Waals surface area contributed by atoms with Gasteiger partial charge in [-0.1, -0.05) is 13.0 Å². The number of ether oxygens (including phenoxy) is 1. The van der Waals surface area contributed by atoms with Gasteiger partial charge >= 0.3 is 0 Å². The molecular weight excluding hydrogens is 162 g/mol. The molecule has 2 nitrogen and oxygen atoms in total. The molecule has 0 fully saturated rings. The molecule has 13 heavy (non-hydrogen) atoms. The van der Waals surface area contributed by atoms with Crippen LogP contribution in [0.5, 0.6) is 0 Å². The van der Waals surface area contributed by atoms with Crippen LogP contribution in [0.4, 0.5) is 0 Å². The topological polar surface area (TPSA) is 21.3 Å². The second-order valence-electron chi connectivity index (χ2n) is 3.33. The first-order valence-corrected chi connectivity index (χ1v) is 5.18. The van der Waals surface area contributed by atoms with E-state index in [1.54, 1.807) is 7.11 Å². The largest absolute Gasteiger partial charge is 0.383 e. The highest BCUT2D eigenvalue weighted by atomic mass is 16.5. The number of rotatable bonds is 9. The first kappa shape index (κ1) is 12.7. The molecule has 2 heteroatoms. The molecule has 0 saturated carbocycles. The smallest absolute Gasteiger partial charge is 0.0615 e. The minimum Gasteiger partial charge on any atom is -0.383 e. The Morgan fingerprint density at radius 2 is 2.31 bits per heavy atom.